The first-order valence-electron chi connectivity index (χ1n) is 14.5. The van der Waals surface area contributed by atoms with E-state index in [4.69, 9.17) is 9.47 Å². The van der Waals surface area contributed by atoms with Crippen LogP contribution in [0.4, 0.5) is 19.1 Å². The van der Waals surface area contributed by atoms with Crippen LogP contribution in [0.5, 0.6) is 5.75 Å². The lowest BCUT2D eigenvalue weighted by Gasteiger charge is -2.36. The number of hydrogen-bond acceptors (Lipinski definition) is 9. The van der Waals surface area contributed by atoms with Gasteiger partial charge in [-0.25, -0.2) is 14.6 Å². The molecule has 1 aromatic carbocycles. The third-order valence-electron chi connectivity index (χ3n) is 8.04. The molecule has 4 heterocycles. The van der Waals surface area contributed by atoms with E-state index in [1.807, 2.05) is 36.1 Å². The normalized spacial score (nSPS) is 15.0. The Bertz CT molecular complexity index is 1680. The van der Waals surface area contributed by atoms with Gasteiger partial charge in [0.2, 0.25) is 11.9 Å². The zero-order chi connectivity index (χ0) is 32.3. The van der Waals surface area contributed by atoms with Crippen molar-refractivity contribution < 1.29 is 27.4 Å². The van der Waals surface area contributed by atoms with Crippen molar-refractivity contribution in [3.8, 4) is 5.75 Å². The molecule has 0 saturated carbocycles. The van der Waals surface area contributed by atoms with Crippen molar-refractivity contribution in [2.75, 3.05) is 45.4 Å². The molecule has 0 bridgehead atoms. The Morgan fingerprint density at radius 1 is 1.11 bits per heavy atom. The first kappa shape index (κ1) is 31.9. The van der Waals surface area contributed by atoms with E-state index in [1.165, 1.54) is 4.68 Å². The van der Waals surface area contributed by atoms with Crippen LogP contribution in [0.2, 0.25) is 0 Å². The number of alkyl halides is 3. The predicted octanol–water partition coefficient (Wildman–Crippen LogP) is 3.47. The Kier molecular flexibility index (Phi) is 9.37. The van der Waals surface area contributed by atoms with Gasteiger partial charge in [-0.05, 0) is 44.4 Å². The summed E-state index contributed by atoms with van der Waals surface area (Å²) in [6, 6.07) is 7.10. The minimum absolute atomic E-state index is 0.0481. The van der Waals surface area contributed by atoms with Crippen LogP contribution < -0.4 is 15.2 Å². The number of benzene rings is 1. The molecule has 0 radical (unpaired) electrons. The van der Waals surface area contributed by atoms with Gasteiger partial charge in [0, 0.05) is 38.6 Å². The average molecular weight is 629 g/mol. The zero-order valence-corrected chi connectivity index (χ0v) is 25.5. The molecule has 1 unspecified atom stereocenters. The highest BCUT2D eigenvalue weighted by molar-refractivity contribution is 5.80. The average Bonchev–Trinajstić information content (AvgIpc) is 3.38. The fourth-order valence-electron chi connectivity index (χ4n) is 5.39. The maximum atomic E-state index is 13.3. The summed E-state index contributed by atoms with van der Waals surface area (Å²) in [7, 11) is 3.31. The van der Waals surface area contributed by atoms with Crippen LogP contribution in [0.1, 0.15) is 42.6 Å². The van der Waals surface area contributed by atoms with Crippen LogP contribution >= 0.6 is 0 Å². The number of rotatable bonds is 10. The topological polar surface area (TPSA) is 120 Å². The molecule has 12 nitrogen and oxygen atoms in total. The number of aryl methyl sites for hydroxylation is 1. The van der Waals surface area contributed by atoms with Crippen LogP contribution in [-0.2, 0) is 22.3 Å². The van der Waals surface area contributed by atoms with E-state index in [0.717, 1.165) is 23.7 Å². The van der Waals surface area contributed by atoms with Crippen molar-refractivity contribution in [2.24, 2.45) is 0 Å². The Morgan fingerprint density at radius 2 is 1.78 bits per heavy atom. The number of likely N-dealkylation sites (N-methyl/N-ethyl adjacent to an activating group) is 1. The summed E-state index contributed by atoms with van der Waals surface area (Å²) in [6.45, 7) is 5.04. The summed E-state index contributed by atoms with van der Waals surface area (Å²) in [5.41, 5.74) is 0.943. The van der Waals surface area contributed by atoms with Crippen LogP contribution in [0.25, 0.3) is 10.9 Å². The lowest BCUT2D eigenvalue weighted by molar-refractivity contribution is -0.138. The minimum Gasteiger partial charge on any atom is -0.497 e. The molecule has 3 aromatic heterocycles. The molecule has 1 saturated heterocycles. The molecule has 1 fully saturated rings. The standard InChI is InChI=1S/C30H35F3N8O4/c1-19(41-25-15-36-40(28(43)27(25)20(2)37-41)16-21-5-7-24(44-4)8-6-21)17-45-18-26(42)38(3)23-9-11-39(12-10-23)29-34-13-22(14-35-29)30(31,32)33/h5-8,13-15,19,23H,9-12,16-18H2,1-4H3. The number of carbonyl (C=O) groups is 1. The van der Waals surface area contributed by atoms with Gasteiger partial charge in [0.15, 0.2) is 0 Å². The fraction of sp³-hybridized carbons (Fsp3) is 0.467. The number of nitrogens with zero attached hydrogens (tertiary/aromatic N) is 8. The number of hydrogen-bond donors (Lipinski definition) is 0. The van der Waals surface area contributed by atoms with Crippen LogP contribution in [0, 0.1) is 6.92 Å². The van der Waals surface area contributed by atoms with Gasteiger partial charge in [0.05, 0.1) is 54.7 Å². The van der Waals surface area contributed by atoms with Gasteiger partial charge in [-0.2, -0.15) is 23.4 Å². The minimum atomic E-state index is -4.49. The van der Waals surface area contributed by atoms with Crippen molar-refractivity contribution in [1.29, 1.82) is 0 Å². The third-order valence-corrected chi connectivity index (χ3v) is 8.04. The second kappa shape index (κ2) is 13.2. The molecule has 15 heteroatoms. The van der Waals surface area contributed by atoms with E-state index in [1.54, 1.807) is 36.9 Å². The Morgan fingerprint density at radius 3 is 2.40 bits per heavy atom. The molecule has 0 aliphatic carbocycles. The van der Waals surface area contributed by atoms with Gasteiger partial charge in [-0.3, -0.25) is 14.3 Å². The largest absolute Gasteiger partial charge is 0.497 e. The van der Waals surface area contributed by atoms with E-state index in [-0.39, 0.29) is 42.7 Å². The SMILES string of the molecule is COc1ccc(Cn2ncc3c(c(C)nn3C(C)COCC(=O)N(C)C3CCN(c4ncc(C(F)(F)F)cn4)CC3)c2=O)cc1. The van der Waals surface area contributed by atoms with E-state index in [2.05, 4.69) is 20.2 Å². The number of aromatic nitrogens is 6. The third kappa shape index (κ3) is 7.08. The van der Waals surface area contributed by atoms with Crippen molar-refractivity contribution >= 4 is 22.8 Å². The molecule has 240 valence electrons. The maximum absolute atomic E-state index is 13.3. The Labute approximate surface area is 257 Å². The van der Waals surface area contributed by atoms with E-state index >= 15 is 0 Å². The molecule has 4 aromatic rings. The lowest BCUT2D eigenvalue weighted by atomic mass is 10.0. The van der Waals surface area contributed by atoms with E-state index in [9.17, 15) is 22.8 Å². The lowest BCUT2D eigenvalue weighted by Crippen LogP contribution is -2.47. The van der Waals surface area contributed by atoms with E-state index in [0.29, 0.717) is 49.1 Å². The highest BCUT2D eigenvalue weighted by Gasteiger charge is 2.32. The van der Waals surface area contributed by atoms with Gasteiger partial charge < -0.3 is 19.3 Å². The van der Waals surface area contributed by atoms with Crippen LogP contribution in [0.15, 0.2) is 47.7 Å². The second-order valence-electron chi connectivity index (χ2n) is 11.1. The Hall–Kier alpha value is -4.53. The summed E-state index contributed by atoms with van der Waals surface area (Å²) >= 11 is 0. The maximum Gasteiger partial charge on any atom is 0.419 e. The molecule has 1 aliphatic heterocycles. The van der Waals surface area contributed by atoms with Crippen molar-refractivity contribution in [2.45, 2.75) is 51.5 Å². The van der Waals surface area contributed by atoms with Crippen molar-refractivity contribution in [1.82, 2.24) is 34.4 Å². The number of anilines is 1. The number of halogens is 3. The van der Waals surface area contributed by atoms with Gasteiger partial charge in [-0.1, -0.05) is 12.1 Å². The predicted molar refractivity (Wildman–Crippen MR) is 159 cm³/mol. The molecule has 1 amide bonds. The smallest absolute Gasteiger partial charge is 0.419 e. The number of amides is 1. The van der Waals surface area contributed by atoms with Crippen LogP contribution in [0.3, 0.4) is 0 Å². The van der Waals surface area contributed by atoms with Gasteiger partial charge in [-0.15, -0.1) is 0 Å². The molecule has 1 atom stereocenters. The molecule has 1 aliphatic rings. The fourth-order valence-corrected chi connectivity index (χ4v) is 5.39. The van der Waals surface area contributed by atoms with Gasteiger partial charge in [0.25, 0.3) is 5.56 Å². The number of piperidine rings is 1. The second-order valence-corrected chi connectivity index (χ2v) is 11.1. The molecule has 45 heavy (non-hydrogen) atoms. The molecule has 0 N–H and O–H groups in total. The zero-order valence-electron chi connectivity index (χ0n) is 25.5. The van der Waals surface area contributed by atoms with E-state index < -0.39 is 11.7 Å². The number of fused-ring (bicyclic) bond motifs is 1. The summed E-state index contributed by atoms with van der Waals surface area (Å²) in [5.74, 6) is 0.781. The summed E-state index contributed by atoms with van der Waals surface area (Å²) in [5, 5.41) is 9.43. The monoisotopic (exact) mass is 628 g/mol. The van der Waals surface area contributed by atoms with Gasteiger partial charge >= 0.3 is 6.18 Å². The number of carbonyl (C=O) groups excluding carboxylic acids is 1. The Balaban J connectivity index is 1.13. The molecular weight excluding hydrogens is 593 g/mol. The highest BCUT2D eigenvalue weighted by Crippen LogP contribution is 2.29. The van der Waals surface area contributed by atoms with Crippen LogP contribution in [-0.4, -0.2) is 86.8 Å². The summed E-state index contributed by atoms with van der Waals surface area (Å²) in [4.78, 5) is 37.4. The number of ether oxygens (including phenoxy) is 2. The number of methoxy groups -OCH3 is 1. The summed E-state index contributed by atoms with van der Waals surface area (Å²) in [6.07, 6.45) is -0.0650. The quantitative estimate of drug-likeness (QED) is 0.260. The molecule has 5 rings (SSSR count). The van der Waals surface area contributed by atoms with Crippen molar-refractivity contribution in [3.05, 3.63) is 70.0 Å². The van der Waals surface area contributed by atoms with Crippen molar-refractivity contribution in [3.63, 3.8) is 0 Å². The molecular formula is C30H35F3N8O4. The first-order chi connectivity index (χ1) is 21.5. The highest BCUT2D eigenvalue weighted by atomic mass is 19.4. The molecule has 0 spiro atoms. The summed E-state index contributed by atoms with van der Waals surface area (Å²) < 4.78 is 52.5. The van der Waals surface area contributed by atoms with Gasteiger partial charge in [0.1, 0.15) is 12.4 Å². The first-order valence-corrected chi connectivity index (χ1v) is 14.5.